The molecule has 3 rings (SSSR count). The number of carbonyl (C=O) groups is 1. The fourth-order valence-corrected chi connectivity index (χ4v) is 4.40. The van der Waals surface area contributed by atoms with Crippen LogP contribution in [0.1, 0.15) is 56.8 Å². The van der Waals surface area contributed by atoms with E-state index < -0.39 is 0 Å². The summed E-state index contributed by atoms with van der Waals surface area (Å²) < 4.78 is 9.83. The summed E-state index contributed by atoms with van der Waals surface area (Å²) in [6.07, 6.45) is 7.36. The second-order valence-electron chi connectivity index (χ2n) is 7.66. The van der Waals surface area contributed by atoms with Crippen molar-refractivity contribution in [1.29, 1.82) is 0 Å². The first kappa shape index (κ1) is 21.6. The van der Waals surface area contributed by atoms with Crippen LogP contribution in [0, 0.1) is 5.92 Å². The molecular formula is C22H32N4O2S. The van der Waals surface area contributed by atoms with Gasteiger partial charge in [-0.15, -0.1) is 0 Å². The molecular weight excluding hydrogens is 384 g/mol. The maximum atomic E-state index is 12.5. The lowest BCUT2D eigenvalue weighted by Crippen LogP contribution is -2.43. The highest BCUT2D eigenvalue weighted by Gasteiger charge is 2.27. The zero-order valence-electron chi connectivity index (χ0n) is 17.5. The summed E-state index contributed by atoms with van der Waals surface area (Å²) in [5.41, 5.74) is 1.13. The minimum atomic E-state index is 0.0423. The summed E-state index contributed by atoms with van der Waals surface area (Å²) in [7, 11) is 1.67. The predicted molar refractivity (Wildman–Crippen MR) is 118 cm³/mol. The third-order valence-corrected chi connectivity index (χ3v) is 6.16. The molecule has 0 bridgehead atoms. The number of carbonyl (C=O) groups excluding carboxylic acids is 1. The average Bonchev–Trinajstić information content (AvgIpc) is 3.22. The van der Waals surface area contributed by atoms with Crippen molar-refractivity contribution in [1.82, 2.24) is 14.7 Å². The van der Waals surface area contributed by atoms with Crippen LogP contribution in [-0.4, -0.2) is 42.0 Å². The van der Waals surface area contributed by atoms with Gasteiger partial charge in [0.15, 0.2) is 0 Å². The number of rotatable bonds is 10. The largest absolute Gasteiger partial charge is 0.497 e. The van der Waals surface area contributed by atoms with Gasteiger partial charge < -0.3 is 15.0 Å². The van der Waals surface area contributed by atoms with Crippen LogP contribution in [0.25, 0.3) is 0 Å². The van der Waals surface area contributed by atoms with Gasteiger partial charge in [-0.1, -0.05) is 38.3 Å². The Bertz CT molecular complexity index is 780. The number of aromatic nitrogens is 2. The summed E-state index contributed by atoms with van der Waals surface area (Å²) in [6, 6.07) is 8.00. The molecule has 0 spiro atoms. The highest BCUT2D eigenvalue weighted by molar-refractivity contribution is 7.09. The summed E-state index contributed by atoms with van der Waals surface area (Å²) in [4.78, 5) is 19.5. The molecule has 1 saturated heterocycles. The molecule has 0 aliphatic carbocycles. The van der Waals surface area contributed by atoms with Crippen molar-refractivity contribution in [3.8, 4) is 5.75 Å². The van der Waals surface area contributed by atoms with Gasteiger partial charge in [0.1, 0.15) is 11.6 Å². The molecule has 6 nitrogen and oxygen atoms in total. The summed E-state index contributed by atoms with van der Waals surface area (Å²) >= 11 is 1.43. The molecule has 1 N–H and O–H groups in total. The zero-order chi connectivity index (χ0) is 20.5. The molecule has 158 valence electrons. The van der Waals surface area contributed by atoms with Crippen LogP contribution in [0.3, 0.4) is 0 Å². The van der Waals surface area contributed by atoms with Crippen LogP contribution >= 0.6 is 11.5 Å². The van der Waals surface area contributed by atoms with Crippen molar-refractivity contribution < 1.29 is 9.53 Å². The molecule has 0 radical (unpaired) electrons. The van der Waals surface area contributed by atoms with E-state index in [0.717, 1.165) is 61.2 Å². The molecule has 7 heteroatoms. The van der Waals surface area contributed by atoms with E-state index in [-0.39, 0.29) is 11.8 Å². The van der Waals surface area contributed by atoms with Crippen molar-refractivity contribution in [3.05, 3.63) is 35.7 Å². The first-order valence-corrected chi connectivity index (χ1v) is 11.4. The first-order chi connectivity index (χ1) is 14.2. The summed E-state index contributed by atoms with van der Waals surface area (Å²) in [6.45, 7) is 4.66. The molecule has 0 saturated carbocycles. The number of anilines is 1. The molecule has 2 aromatic rings. The minimum Gasteiger partial charge on any atom is -0.497 e. The van der Waals surface area contributed by atoms with E-state index in [1.165, 1.54) is 30.8 Å². The van der Waals surface area contributed by atoms with Gasteiger partial charge in [0, 0.05) is 37.6 Å². The topological polar surface area (TPSA) is 67.4 Å². The second-order valence-corrected chi connectivity index (χ2v) is 8.39. The van der Waals surface area contributed by atoms with Crippen LogP contribution in [0.2, 0.25) is 0 Å². The first-order valence-electron chi connectivity index (χ1n) is 10.7. The smallest absolute Gasteiger partial charge is 0.224 e. The van der Waals surface area contributed by atoms with Crippen LogP contribution in [0.5, 0.6) is 5.75 Å². The number of hydrogen-bond donors (Lipinski definition) is 1. The third-order valence-electron chi connectivity index (χ3n) is 5.35. The van der Waals surface area contributed by atoms with Gasteiger partial charge in [0.25, 0.3) is 0 Å². The lowest BCUT2D eigenvalue weighted by atomic mass is 9.97. The van der Waals surface area contributed by atoms with Crippen LogP contribution in [0.4, 0.5) is 5.13 Å². The predicted octanol–water partition coefficient (Wildman–Crippen LogP) is 4.05. The Kier molecular flexibility index (Phi) is 8.28. The van der Waals surface area contributed by atoms with Gasteiger partial charge in [0.05, 0.1) is 13.0 Å². The number of nitrogens with zero attached hydrogens (tertiary/aromatic N) is 3. The molecule has 1 atom stereocenters. The van der Waals surface area contributed by atoms with E-state index in [1.54, 1.807) is 7.11 Å². The fraction of sp³-hybridized carbons (Fsp3) is 0.591. The normalized spacial score (nSPS) is 16.6. The maximum absolute atomic E-state index is 12.5. The van der Waals surface area contributed by atoms with Crippen LogP contribution in [-0.2, 0) is 11.2 Å². The van der Waals surface area contributed by atoms with E-state index in [0.29, 0.717) is 6.42 Å². The summed E-state index contributed by atoms with van der Waals surface area (Å²) in [5, 5.41) is 4.04. The van der Waals surface area contributed by atoms with Gasteiger partial charge in [0.2, 0.25) is 11.0 Å². The number of piperidine rings is 1. The van der Waals surface area contributed by atoms with E-state index in [4.69, 9.17) is 9.72 Å². The maximum Gasteiger partial charge on any atom is 0.224 e. The van der Waals surface area contributed by atoms with Crippen LogP contribution < -0.4 is 15.0 Å². The number of hydrogen-bond acceptors (Lipinski definition) is 6. The van der Waals surface area contributed by atoms with Gasteiger partial charge in [-0.25, -0.2) is 4.98 Å². The Balaban J connectivity index is 1.52. The molecule has 29 heavy (non-hydrogen) atoms. The monoisotopic (exact) mass is 416 g/mol. The molecule has 1 aliphatic heterocycles. The van der Waals surface area contributed by atoms with Crippen molar-refractivity contribution in [2.75, 3.05) is 31.6 Å². The Hall–Kier alpha value is -2.15. The van der Waals surface area contributed by atoms with Crippen molar-refractivity contribution in [3.63, 3.8) is 0 Å². The highest BCUT2D eigenvalue weighted by Crippen LogP contribution is 2.26. The van der Waals surface area contributed by atoms with Crippen molar-refractivity contribution in [2.24, 2.45) is 5.92 Å². The standard InChI is InChI=1S/C22H32N4O2S/c1-3-4-5-6-12-23-21(27)18-10-8-13-26(16-18)22-24-20(25-29-22)15-17-9-7-11-19(14-17)28-2/h7,9,11,14,18H,3-6,8,10,12-13,15-16H2,1-2H3,(H,23,27). The minimum absolute atomic E-state index is 0.0423. The Morgan fingerprint density at radius 1 is 1.34 bits per heavy atom. The fourth-order valence-electron chi connectivity index (χ4n) is 3.68. The molecule has 1 aliphatic rings. The van der Waals surface area contributed by atoms with E-state index in [1.807, 2.05) is 18.2 Å². The van der Waals surface area contributed by atoms with Gasteiger partial charge in [-0.2, -0.15) is 4.37 Å². The molecule has 2 heterocycles. The third kappa shape index (κ3) is 6.42. The average molecular weight is 417 g/mol. The Labute approximate surface area is 177 Å². The quantitative estimate of drug-likeness (QED) is 0.592. The van der Waals surface area contributed by atoms with Crippen LogP contribution in [0.15, 0.2) is 24.3 Å². The number of ether oxygens (including phenoxy) is 1. The van der Waals surface area contributed by atoms with E-state index in [2.05, 4.69) is 27.6 Å². The summed E-state index contributed by atoms with van der Waals surface area (Å²) in [5.74, 6) is 1.89. The van der Waals surface area contributed by atoms with Gasteiger partial charge >= 0.3 is 0 Å². The van der Waals surface area contributed by atoms with E-state index in [9.17, 15) is 4.79 Å². The number of unbranched alkanes of at least 4 members (excludes halogenated alkanes) is 3. The number of nitrogens with one attached hydrogen (secondary N) is 1. The Morgan fingerprint density at radius 2 is 2.24 bits per heavy atom. The molecule has 1 amide bonds. The highest BCUT2D eigenvalue weighted by atomic mass is 32.1. The SMILES string of the molecule is CCCCCCNC(=O)C1CCCN(c2nc(Cc3cccc(OC)c3)ns2)C1. The molecule has 1 aromatic heterocycles. The number of methoxy groups -OCH3 is 1. The van der Waals surface area contributed by atoms with Gasteiger partial charge in [-0.3, -0.25) is 4.79 Å². The van der Waals surface area contributed by atoms with Crippen molar-refractivity contribution in [2.45, 2.75) is 51.9 Å². The molecule has 1 aromatic carbocycles. The lowest BCUT2D eigenvalue weighted by Gasteiger charge is -2.31. The second kappa shape index (κ2) is 11.1. The van der Waals surface area contributed by atoms with Crippen molar-refractivity contribution >= 4 is 22.6 Å². The molecule has 1 unspecified atom stereocenters. The zero-order valence-corrected chi connectivity index (χ0v) is 18.3. The molecule has 1 fully saturated rings. The Morgan fingerprint density at radius 3 is 3.07 bits per heavy atom. The lowest BCUT2D eigenvalue weighted by molar-refractivity contribution is -0.125. The van der Waals surface area contributed by atoms with E-state index >= 15 is 0 Å². The number of amides is 1. The number of benzene rings is 1. The van der Waals surface area contributed by atoms with Gasteiger partial charge in [-0.05, 0) is 37.0 Å².